The molecule has 14 heavy (non-hydrogen) atoms. The largest absolute Gasteiger partial charge is 0.388 e. The SMILES string of the molecule is CCCNC(=CC(=O)C(C)C)C(C)C. The first kappa shape index (κ1) is 13.2. The molecule has 2 heteroatoms. The van der Waals surface area contributed by atoms with Gasteiger partial charge in [0.1, 0.15) is 0 Å². The number of allylic oxidation sites excluding steroid dienone is 2. The molecule has 0 aliphatic carbocycles. The third-order valence-corrected chi connectivity index (χ3v) is 2.07. The summed E-state index contributed by atoms with van der Waals surface area (Å²) in [6, 6.07) is 0. The van der Waals surface area contributed by atoms with Gasteiger partial charge >= 0.3 is 0 Å². The fraction of sp³-hybridized carbons (Fsp3) is 0.750. The standard InChI is InChI=1S/C12H23NO/c1-6-7-13-11(9(2)3)8-12(14)10(4)5/h8-10,13H,6-7H2,1-5H3. The minimum Gasteiger partial charge on any atom is -0.388 e. The molecular formula is C12H23NO. The van der Waals surface area contributed by atoms with Crippen LogP contribution in [0.1, 0.15) is 41.0 Å². The van der Waals surface area contributed by atoms with E-state index in [1.54, 1.807) is 6.08 Å². The van der Waals surface area contributed by atoms with Crippen LogP contribution in [0.5, 0.6) is 0 Å². The molecule has 0 atom stereocenters. The van der Waals surface area contributed by atoms with Crippen LogP contribution in [0.3, 0.4) is 0 Å². The van der Waals surface area contributed by atoms with E-state index in [0.717, 1.165) is 18.7 Å². The van der Waals surface area contributed by atoms with Crippen molar-refractivity contribution in [2.24, 2.45) is 11.8 Å². The lowest BCUT2D eigenvalue weighted by molar-refractivity contribution is -0.117. The minimum absolute atomic E-state index is 0.0900. The maximum Gasteiger partial charge on any atom is 0.159 e. The molecule has 0 aromatic rings. The Balaban J connectivity index is 4.39. The lowest BCUT2D eigenvalue weighted by Crippen LogP contribution is -2.20. The summed E-state index contributed by atoms with van der Waals surface area (Å²) in [5.74, 6) is 0.689. The van der Waals surface area contributed by atoms with Crippen LogP contribution in [0, 0.1) is 11.8 Å². The van der Waals surface area contributed by atoms with Crippen molar-refractivity contribution >= 4 is 5.78 Å². The summed E-state index contributed by atoms with van der Waals surface area (Å²) in [6.07, 6.45) is 2.84. The first-order chi connectivity index (χ1) is 6.49. The average molecular weight is 197 g/mol. The zero-order valence-electron chi connectivity index (χ0n) is 10.1. The van der Waals surface area contributed by atoms with Crippen molar-refractivity contribution in [3.05, 3.63) is 11.8 Å². The second kappa shape index (κ2) is 6.63. The second-order valence-electron chi connectivity index (χ2n) is 4.24. The highest BCUT2D eigenvalue weighted by Gasteiger charge is 2.08. The number of hydrogen-bond donors (Lipinski definition) is 1. The van der Waals surface area contributed by atoms with Crippen molar-refractivity contribution in [3.63, 3.8) is 0 Å². The molecule has 1 N–H and O–H groups in total. The summed E-state index contributed by atoms with van der Waals surface area (Å²) in [4.78, 5) is 11.5. The molecule has 0 fully saturated rings. The van der Waals surface area contributed by atoms with Crippen LogP contribution >= 0.6 is 0 Å². The van der Waals surface area contributed by atoms with E-state index in [1.165, 1.54) is 0 Å². The third kappa shape index (κ3) is 5.05. The fourth-order valence-electron chi connectivity index (χ4n) is 1.01. The van der Waals surface area contributed by atoms with Gasteiger partial charge in [-0.25, -0.2) is 0 Å². The molecule has 0 unspecified atom stereocenters. The molecule has 0 aromatic heterocycles. The van der Waals surface area contributed by atoms with E-state index in [-0.39, 0.29) is 11.7 Å². The Labute approximate surface area is 87.8 Å². The van der Waals surface area contributed by atoms with Crippen molar-refractivity contribution in [2.45, 2.75) is 41.0 Å². The Bertz CT molecular complexity index is 204. The van der Waals surface area contributed by atoms with Gasteiger partial charge in [0.2, 0.25) is 0 Å². The van der Waals surface area contributed by atoms with Gasteiger partial charge in [-0.15, -0.1) is 0 Å². The fourth-order valence-corrected chi connectivity index (χ4v) is 1.01. The summed E-state index contributed by atoms with van der Waals surface area (Å²) in [7, 11) is 0. The zero-order chi connectivity index (χ0) is 11.1. The molecule has 0 aliphatic rings. The molecular weight excluding hydrogens is 174 g/mol. The van der Waals surface area contributed by atoms with Crippen molar-refractivity contribution in [3.8, 4) is 0 Å². The van der Waals surface area contributed by atoms with Gasteiger partial charge in [-0.2, -0.15) is 0 Å². The number of carbonyl (C=O) groups is 1. The number of rotatable bonds is 6. The van der Waals surface area contributed by atoms with Gasteiger partial charge in [0.05, 0.1) is 0 Å². The lowest BCUT2D eigenvalue weighted by Gasteiger charge is -2.14. The van der Waals surface area contributed by atoms with Gasteiger partial charge in [0.15, 0.2) is 5.78 Å². The molecule has 2 nitrogen and oxygen atoms in total. The van der Waals surface area contributed by atoms with E-state index in [2.05, 4.69) is 26.1 Å². The van der Waals surface area contributed by atoms with Gasteiger partial charge in [-0.05, 0) is 12.3 Å². The van der Waals surface area contributed by atoms with E-state index < -0.39 is 0 Å². The number of nitrogens with one attached hydrogen (secondary N) is 1. The van der Waals surface area contributed by atoms with E-state index in [9.17, 15) is 4.79 Å². The molecule has 0 saturated heterocycles. The predicted molar refractivity (Wildman–Crippen MR) is 61.1 cm³/mol. The van der Waals surface area contributed by atoms with Gasteiger partial charge in [-0.3, -0.25) is 4.79 Å². The summed E-state index contributed by atoms with van der Waals surface area (Å²) in [6.45, 7) is 11.1. The molecule has 0 saturated carbocycles. The highest BCUT2D eigenvalue weighted by atomic mass is 16.1. The van der Waals surface area contributed by atoms with Gasteiger partial charge < -0.3 is 5.32 Å². The summed E-state index contributed by atoms with van der Waals surface area (Å²) in [5.41, 5.74) is 1.06. The van der Waals surface area contributed by atoms with E-state index in [0.29, 0.717) is 5.92 Å². The molecule has 0 spiro atoms. The molecule has 0 radical (unpaired) electrons. The second-order valence-corrected chi connectivity index (χ2v) is 4.24. The maximum atomic E-state index is 11.5. The highest BCUT2D eigenvalue weighted by molar-refractivity contribution is 5.91. The molecule has 0 aliphatic heterocycles. The van der Waals surface area contributed by atoms with Crippen LogP contribution in [0.4, 0.5) is 0 Å². The first-order valence-corrected chi connectivity index (χ1v) is 5.48. The normalized spacial score (nSPS) is 12.4. The van der Waals surface area contributed by atoms with Crippen LogP contribution < -0.4 is 5.32 Å². The summed E-state index contributed by atoms with van der Waals surface area (Å²) in [5, 5.41) is 3.29. The Hall–Kier alpha value is -0.790. The van der Waals surface area contributed by atoms with Crippen molar-refractivity contribution in [1.29, 1.82) is 0 Å². The molecule has 0 aromatic carbocycles. The van der Waals surface area contributed by atoms with Crippen LogP contribution in [-0.2, 0) is 4.79 Å². The smallest absolute Gasteiger partial charge is 0.159 e. The van der Waals surface area contributed by atoms with Crippen LogP contribution in [0.25, 0.3) is 0 Å². The first-order valence-electron chi connectivity index (χ1n) is 5.48. The lowest BCUT2D eigenvalue weighted by atomic mass is 10.0. The average Bonchev–Trinajstić information content (AvgIpc) is 2.10. The number of carbonyl (C=O) groups excluding carboxylic acids is 1. The maximum absolute atomic E-state index is 11.5. The van der Waals surface area contributed by atoms with Gasteiger partial charge in [0.25, 0.3) is 0 Å². The molecule has 0 rings (SSSR count). The van der Waals surface area contributed by atoms with E-state index in [1.807, 2.05) is 13.8 Å². The Morgan fingerprint density at radius 2 is 1.79 bits per heavy atom. The monoisotopic (exact) mass is 197 g/mol. The van der Waals surface area contributed by atoms with Crippen molar-refractivity contribution in [2.75, 3.05) is 6.54 Å². The topological polar surface area (TPSA) is 29.1 Å². The third-order valence-electron chi connectivity index (χ3n) is 2.07. The molecule has 0 heterocycles. The predicted octanol–water partition coefficient (Wildman–Crippen LogP) is 2.75. The van der Waals surface area contributed by atoms with E-state index >= 15 is 0 Å². The van der Waals surface area contributed by atoms with E-state index in [4.69, 9.17) is 0 Å². The van der Waals surface area contributed by atoms with Gasteiger partial charge in [-0.1, -0.05) is 34.6 Å². The summed E-state index contributed by atoms with van der Waals surface area (Å²) < 4.78 is 0. The summed E-state index contributed by atoms with van der Waals surface area (Å²) >= 11 is 0. The minimum atomic E-state index is 0.0900. The van der Waals surface area contributed by atoms with Crippen molar-refractivity contribution in [1.82, 2.24) is 5.32 Å². The Morgan fingerprint density at radius 3 is 2.14 bits per heavy atom. The Kier molecular flexibility index (Phi) is 6.26. The zero-order valence-corrected chi connectivity index (χ0v) is 10.1. The van der Waals surface area contributed by atoms with Crippen LogP contribution in [0.2, 0.25) is 0 Å². The Morgan fingerprint density at radius 1 is 1.21 bits per heavy atom. The van der Waals surface area contributed by atoms with Gasteiger partial charge in [0, 0.05) is 24.2 Å². The van der Waals surface area contributed by atoms with Crippen LogP contribution in [-0.4, -0.2) is 12.3 Å². The van der Waals surface area contributed by atoms with Crippen LogP contribution in [0.15, 0.2) is 11.8 Å². The molecule has 82 valence electrons. The highest BCUT2D eigenvalue weighted by Crippen LogP contribution is 2.08. The number of hydrogen-bond acceptors (Lipinski definition) is 2. The quantitative estimate of drug-likeness (QED) is 0.663. The molecule has 0 amide bonds. The number of ketones is 1. The molecule has 0 bridgehead atoms. The van der Waals surface area contributed by atoms with Crippen molar-refractivity contribution < 1.29 is 4.79 Å².